The second kappa shape index (κ2) is 34.1. The Balaban J connectivity index is 0.0000109. The first-order valence-corrected chi connectivity index (χ1v) is 39.4. The van der Waals surface area contributed by atoms with Crippen LogP contribution in [0.2, 0.25) is 0 Å². The molecule has 121 heavy (non-hydrogen) atoms. The molecular weight excluding hydrogens is 1610 g/mol. The molecular formula is C96H72F8N8O8Zn. The Morgan fingerprint density at radius 2 is 0.331 bits per heavy atom. The number of fused-ring (bicyclic) bond motifs is 20. The molecule has 12 aromatic carbocycles. The Morgan fingerprint density at radius 1 is 0.198 bits per heavy atom. The van der Waals surface area contributed by atoms with Crippen molar-refractivity contribution in [3.8, 4) is 138 Å². The van der Waals surface area contributed by atoms with Crippen molar-refractivity contribution >= 4 is 44.1 Å². The van der Waals surface area contributed by atoms with Gasteiger partial charge < -0.3 is 67.8 Å². The van der Waals surface area contributed by atoms with Gasteiger partial charge in [-0.15, -0.1) is 0 Å². The van der Waals surface area contributed by atoms with E-state index < -0.39 is 182 Å². The van der Waals surface area contributed by atoms with Crippen LogP contribution in [0.25, 0.3) is 89.7 Å². The molecule has 602 valence electrons. The number of benzene rings is 12. The monoisotopic (exact) mass is 1680 g/mol. The Bertz CT molecular complexity index is 5910. The van der Waals surface area contributed by atoms with Crippen LogP contribution >= 0.6 is 0 Å². The zero-order valence-electron chi connectivity index (χ0n) is 66.7. The minimum atomic E-state index is -1.45. The third-order valence-electron chi connectivity index (χ3n) is 21.1. The van der Waals surface area contributed by atoms with Crippen LogP contribution in [0.5, 0.6) is 92.0 Å². The summed E-state index contributed by atoms with van der Waals surface area (Å²) < 4.78 is 205. The fourth-order valence-electron chi connectivity index (χ4n) is 14.2. The number of aromatic nitrogens is 8. The summed E-state index contributed by atoms with van der Waals surface area (Å²) in [6.07, 6.45) is 4.73. The van der Waals surface area contributed by atoms with E-state index in [-0.39, 0.29) is 65.5 Å². The second-order valence-corrected chi connectivity index (χ2v) is 28.4. The van der Waals surface area contributed by atoms with Gasteiger partial charge in [0.05, 0.1) is 45.6 Å². The summed E-state index contributed by atoms with van der Waals surface area (Å²) in [6.45, 7) is 15.3. The van der Waals surface area contributed by atoms with Crippen LogP contribution in [0.1, 0.15) is 99.9 Å². The molecule has 0 aliphatic carbocycles. The fourth-order valence-corrected chi connectivity index (χ4v) is 14.2. The van der Waals surface area contributed by atoms with Crippen molar-refractivity contribution in [3.63, 3.8) is 0 Å². The van der Waals surface area contributed by atoms with Crippen LogP contribution in [0.4, 0.5) is 35.1 Å². The van der Waals surface area contributed by atoms with Gasteiger partial charge in [-0.05, 0) is 193 Å². The van der Waals surface area contributed by atoms with E-state index in [1.54, 1.807) is 97.1 Å². The predicted molar refractivity (Wildman–Crippen MR) is 441 cm³/mol. The van der Waals surface area contributed by atoms with E-state index in [9.17, 15) is 0 Å². The first-order chi connectivity index (χ1) is 58.3. The maximum atomic E-state index is 19.2. The van der Waals surface area contributed by atoms with Crippen molar-refractivity contribution in [2.24, 2.45) is 0 Å². The molecule has 0 N–H and O–H groups in total. The average molecular weight is 1680 g/mol. The van der Waals surface area contributed by atoms with Gasteiger partial charge in [0.1, 0.15) is 46.0 Å². The van der Waals surface area contributed by atoms with Gasteiger partial charge in [0.25, 0.3) is 0 Å². The van der Waals surface area contributed by atoms with Gasteiger partial charge in [0.2, 0.25) is 46.0 Å². The van der Waals surface area contributed by atoms with Crippen molar-refractivity contribution in [1.82, 2.24) is 39.9 Å². The zero-order chi connectivity index (χ0) is 83.3. The average Bonchev–Trinajstić information content (AvgIpc) is 1.57. The normalized spacial score (nSPS) is 11.5. The summed E-state index contributed by atoms with van der Waals surface area (Å²) in [6, 6.07) is 51.6. The van der Waals surface area contributed by atoms with Crippen LogP contribution in [0.15, 0.2) is 194 Å². The molecule has 0 fully saturated rings. The zero-order valence-corrected chi connectivity index (χ0v) is 69.7. The SMILES string of the molecule is CCc1ccc(Oc2c(F)c3c(c(F)c2Oc2ccc(CC)cc2)-c2nc-3nc3[n-]c(nc4nc(nc5[n-]c(n2)c2c(F)c(Oc6ccc(CC)cc6)c(Oc6ccc(CC)cc6)c(F)c52)-c2c(F)c(Oc5ccc(CC)cc5)c(Oc5ccc(CC)cc5)c(F)c2-4)c2c(F)c(Oc4ccc(CC)cc4)c(Oc4ccc(CC)cc4)c(F)c32)cc1.[Zn+2]. The standard InChI is InChI=1S/C96H72F8N8O8.Zn/c1-9-49-17-33-57(34-18-49)113-81-73(97)65-66(74(98)82(81)114-58-35-19-50(10-2)20-36-58)90-105-89(65)109-91-67-68(76(100)84(116-60-39-23-52(12-4)24-40-60)83(75(67)99)115-59-37-21-51(11-3)22-38-59)93(106-91)111-95-71-72(80(104)88(120-64-47-31-56(16-8)32-48-64)87(79(71)103)119-63-45-29-55(15-7)30-46-63)96(108-95)112-94-70-69(92(107-94)110-90)77(101)85(117-61-41-25-53(13-5)26-42-61)86(78(70)102)118-62-43-27-54(14-6)28-44-62;/h17-48H,9-16H2,1-8H3;/q-2;+2. The summed E-state index contributed by atoms with van der Waals surface area (Å²) >= 11 is 0. The number of ether oxygens (including phenoxy) is 8. The van der Waals surface area contributed by atoms with Crippen molar-refractivity contribution in [2.45, 2.75) is 107 Å². The minimum Gasteiger partial charge on any atom is -0.450 e. The first kappa shape index (κ1) is 81.2. The van der Waals surface area contributed by atoms with E-state index in [1.165, 1.54) is 97.1 Å². The van der Waals surface area contributed by atoms with E-state index >= 15 is 35.1 Å². The molecule has 16 nitrogen and oxygen atoms in total. The molecule has 8 bridgehead atoms. The third kappa shape index (κ3) is 15.4. The van der Waals surface area contributed by atoms with Crippen LogP contribution in [0, 0.1) is 46.5 Å². The third-order valence-corrected chi connectivity index (χ3v) is 21.1. The number of rotatable bonds is 24. The van der Waals surface area contributed by atoms with Crippen LogP contribution < -0.4 is 47.9 Å². The van der Waals surface area contributed by atoms with E-state index in [1.807, 2.05) is 55.4 Å². The number of aryl methyl sites for hydroxylation is 8. The van der Waals surface area contributed by atoms with E-state index in [0.29, 0.717) is 51.4 Å². The van der Waals surface area contributed by atoms with Gasteiger partial charge in [-0.2, -0.15) is 0 Å². The summed E-state index contributed by atoms with van der Waals surface area (Å²) in [7, 11) is 0. The molecule has 5 heterocycles. The van der Waals surface area contributed by atoms with Crippen LogP contribution in [0.3, 0.4) is 0 Å². The molecule has 17 rings (SSSR count). The van der Waals surface area contributed by atoms with Crippen molar-refractivity contribution in [3.05, 3.63) is 285 Å². The molecule has 3 aromatic heterocycles. The Hall–Kier alpha value is -13.5. The number of halogens is 8. The molecule has 15 aromatic rings. The maximum absolute atomic E-state index is 19.2. The van der Waals surface area contributed by atoms with E-state index in [0.717, 1.165) is 44.5 Å². The predicted octanol–water partition coefficient (Wildman–Crippen LogP) is 26.1. The largest absolute Gasteiger partial charge is 2.00 e. The molecule has 0 radical (unpaired) electrons. The Kier molecular flexibility index (Phi) is 22.9. The van der Waals surface area contributed by atoms with Gasteiger partial charge in [-0.3, -0.25) is 0 Å². The molecule has 0 saturated carbocycles. The van der Waals surface area contributed by atoms with E-state index in [4.69, 9.17) is 77.8 Å². The molecule has 0 saturated heterocycles. The second-order valence-electron chi connectivity index (χ2n) is 28.4. The minimum absolute atomic E-state index is 0. The maximum Gasteiger partial charge on any atom is 2.00 e. The quantitative estimate of drug-likeness (QED) is 0.0411. The van der Waals surface area contributed by atoms with Gasteiger partial charge in [-0.1, -0.05) is 152 Å². The summed E-state index contributed by atoms with van der Waals surface area (Å²) in [5, 5.41) is -3.55. The summed E-state index contributed by atoms with van der Waals surface area (Å²) in [5.41, 5.74) is -0.306. The van der Waals surface area contributed by atoms with Gasteiger partial charge in [0, 0.05) is 44.1 Å². The van der Waals surface area contributed by atoms with Gasteiger partial charge in [-0.25, -0.2) is 45.1 Å². The molecule has 25 heteroatoms. The van der Waals surface area contributed by atoms with Crippen molar-refractivity contribution < 1.29 is 92.5 Å². The summed E-state index contributed by atoms with van der Waals surface area (Å²) in [4.78, 5) is 37.8. The molecule has 2 aliphatic heterocycles. The number of hydrogen-bond acceptors (Lipinski definition) is 14. The number of hydrogen-bond donors (Lipinski definition) is 0. The fraction of sp³-hybridized carbons (Fsp3) is 0.167. The topological polar surface area (TPSA) is 179 Å². The van der Waals surface area contributed by atoms with E-state index in [2.05, 4.69) is 0 Å². The molecule has 0 atom stereocenters. The Morgan fingerprint density at radius 3 is 0.463 bits per heavy atom. The van der Waals surface area contributed by atoms with Crippen molar-refractivity contribution in [1.29, 1.82) is 0 Å². The van der Waals surface area contributed by atoms with Gasteiger partial charge in [0.15, 0.2) is 46.5 Å². The first-order valence-electron chi connectivity index (χ1n) is 39.4. The van der Waals surface area contributed by atoms with Crippen LogP contribution in [-0.2, 0) is 70.8 Å². The Labute approximate surface area is 701 Å². The molecule has 0 spiro atoms. The van der Waals surface area contributed by atoms with Crippen LogP contribution in [-0.4, -0.2) is 29.9 Å². The molecule has 0 amide bonds. The molecule has 2 aliphatic rings. The number of nitrogens with zero attached hydrogens (tertiary/aromatic N) is 8. The van der Waals surface area contributed by atoms with Gasteiger partial charge >= 0.3 is 19.5 Å². The smallest absolute Gasteiger partial charge is 0.450 e. The molecule has 0 unspecified atom stereocenters. The summed E-state index contributed by atoms with van der Waals surface area (Å²) in [5.74, 6) is -22.4. The van der Waals surface area contributed by atoms with Crippen molar-refractivity contribution in [2.75, 3.05) is 0 Å².